The zero-order valence-electron chi connectivity index (χ0n) is 22.8. The molecule has 2 aliphatic rings. The van der Waals surface area contributed by atoms with Gasteiger partial charge in [0.1, 0.15) is 18.1 Å². The van der Waals surface area contributed by atoms with Crippen LogP contribution in [0.1, 0.15) is 61.6 Å². The van der Waals surface area contributed by atoms with Gasteiger partial charge in [0, 0.05) is 45.7 Å². The molecule has 1 fully saturated rings. The summed E-state index contributed by atoms with van der Waals surface area (Å²) in [4.78, 5) is 27.8. The van der Waals surface area contributed by atoms with Crippen LogP contribution >= 0.6 is 23.2 Å². The summed E-state index contributed by atoms with van der Waals surface area (Å²) in [7, 11) is 3.35. The predicted octanol–water partition coefficient (Wildman–Crippen LogP) is 6.28. The van der Waals surface area contributed by atoms with Gasteiger partial charge in [0.25, 0.3) is 5.91 Å². The second kappa shape index (κ2) is 10.1. The Hall–Kier alpha value is -3.23. The molecule has 39 heavy (non-hydrogen) atoms. The van der Waals surface area contributed by atoms with Crippen molar-refractivity contribution in [3.05, 3.63) is 57.2 Å². The van der Waals surface area contributed by atoms with Crippen molar-refractivity contribution in [2.75, 3.05) is 20.8 Å². The van der Waals surface area contributed by atoms with E-state index in [1.54, 1.807) is 48.9 Å². The Morgan fingerprint density at radius 3 is 2.46 bits per heavy atom. The predicted molar refractivity (Wildman–Crippen MR) is 149 cm³/mol. The molecular weight excluding hydrogens is 541 g/mol. The van der Waals surface area contributed by atoms with E-state index < -0.39 is 5.54 Å². The molecule has 2 atom stereocenters. The summed E-state index contributed by atoms with van der Waals surface area (Å²) in [5.41, 5.74) is 3.46. The molecule has 10 heteroatoms. The highest BCUT2D eigenvalue weighted by molar-refractivity contribution is 6.34. The average molecular weight is 572 g/mol. The van der Waals surface area contributed by atoms with Crippen LogP contribution in [0, 0.1) is 5.92 Å². The normalized spacial score (nSPS) is 17.5. The molecule has 8 nitrogen and oxygen atoms in total. The van der Waals surface area contributed by atoms with E-state index in [1.165, 1.54) is 0 Å². The number of rotatable bonds is 6. The number of hydrogen-bond acceptors (Lipinski definition) is 6. The lowest BCUT2D eigenvalue weighted by Gasteiger charge is -2.31. The molecule has 1 aromatic heterocycles. The van der Waals surface area contributed by atoms with Crippen molar-refractivity contribution in [3.63, 3.8) is 0 Å². The van der Waals surface area contributed by atoms with Crippen LogP contribution in [0.4, 0.5) is 0 Å². The highest BCUT2D eigenvalue weighted by atomic mass is 35.5. The van der Waals surface area contributed by atoms with Crippen molar-refractivity contribution in [2.45, 2.75) is 52.2 Å². The largest absolute Gasteiger partial charge is 0.496 e. The third-order valence-corrected chi connectivity index (χ3v) is 7.76. The fourth-order valence-corrected chi connectivity index (χ4v) is 5.41. The Labute approximate surface area is 237 Å². The second-order valence-electron chi connectivity index (χ2n) is 10.8. The summed E-state index contributed by atoms with van der Waals surface area (Å²) in [5, 5.41) is 5.69. The smallest absolute Gasteiger partial charge is 0.309 e. The molecule has 2 aromatic carbocycles. The minimum atomic E-state index is -0.421. The summed E-state index contributed by atoms with van der Waals surface area (Å²) >= 11 is 12.7. The Balaban J connectivity index is 1.70. The number of esters is 1. The Morgan fingerprint density at radius 2 is 1.85 bits per heavy atom. The topological polar surface area (TPSA) is 82.9 Å². The molecule has 5 rings (SSSR count). The van der Waals surface area contributed by atoms with Gasteiger partial charge in [-0.3, -0.25) is 9.59 Å². The monoisotopic (exact) mass is 571 g/mol. The van der Waals surface area contributed by atoms with Gasteiger partial charge in [-0.1, -0.05) is 23.2 Å². The van der Waals surface area contributed by atoms with Crippen LogP contribution in [0.3, 0.4) is 0 Å². The average Bonchev–Trinajstić information content (AvgIpc) is 3.58. The third-order valence-electron chi connectivity index (χ3n) is 7.33. The lowest BCUT2D eigenvalue weighted by molar-refractivity contribution is -0.144. The van der Waals surface area contributed by atoms with Crippen molar-refractivity contribution >= 4 is 35.1 Å². The zero-order valence-corrected chi connectivity index (χ0v) is 24.3. The molecule has 206 valence electrons. The quantitative estimate of drug-likeness (QED) is 0.323. The zero-order chi connectivity index (χ0) is 28.2. The molecule has 1 saturated carbocycles. The van der Waals surface area contributed by atoms with Gasteiger partial charge in [0.15, 0.2) is 5.69 Å². The molecule has 1 aliphatic carbocycles. The molecule has 1 amide bonds. The highest BCUT2D eigenvalue weighted by Crippen LogP contribution is 2.54. The van der Waals surface area contributed by atoms with E-state index in [2.05, 4.69) is 0 Å². The number of aromatic nitrogens is 2. The fourth-order valence-electron chi connectivity index (χ4n) is 4.89. The van der Waals surface area contributed by atoms with E-state index in [4.69, 9.17) is 42.5 Å². The number of benzene rings is 2. The molecule has 0 radical (unpaired) electrons. The van der Waals surface area contributed by atoms with Gasteiger partial charge in [-0.15, -0.1) is 0 Å². The molecule has 1 aliphatic heterocycles. The Kier molecular flexibility index (Phi) is 7.06. The first kappa shape index (κ1) is 27.3. The van der Waals surface area contributed by atoms with E-state index in [-0.39, 0.29) is 36.0 Å². The third kappa shape index (κ3) is 4.96. The maximum atomic E-state index is 13.7. The van der Waals surface area contributed by atoms with Crippen molar-refractivity contribution in [2.24, 2.45) is 5.92 Å². The van der Waals surface area contributed by atoms with Crippen molar-refractivity contribution in [1.29, 1.82) is 0 Å². The van der Waals surface area contributed by atoms with Crippen molar-refractivity contribution in [3.8, 4) is 28.4 Å². The first-order chi connectivity index (χ1) is 18.4. The minimum absolute atomic E-state index is 0.0419. The molecule has 0 unspecified atom stereocenters. The van der Waals surface area contributed by atoms with Gasteiger partial charge >= 0.3 is 5.97 Å². The standard InChI is InChI=1S/C29H31Cl2N3O5/c1-7-38-28(36)20-11-18(20)19-12-21-24(13-23(19)37-6)39-14-22-25(27(35)33(5)29(2,3)4)32-34(26(21)22)17-9-15(30)8-16(31)10-17/h8-10,12-13,18,20H,7,11,14H2,1-6H3/t18-,20+/m1/s1. The molecular formula is C29H31Cl2N3O5. The van der Waals surface area contributed by atoms with E-state index >= 15 is 0 Å². The summed E-state index contributed by atoms with van der Waals surface area (Å²) in [6.45, 7) is 8.17. The molecule has 2 heterocycles. The van der Waals surface area contributed by atoms with E-state index in [1.807, 2.05) is 32.9 Å². The van der Waals surface area contributed by atoms with E-state index in [0.717, 1.165) is 11.1 Å². The van der Waals surface area contributed by atoms with Gasteiger partial charge in [-0.25, -0.2) is 4.68 Å². The van der Waals surface area contributed by atoms with E-state index in [0.29, 0.717) is 51.5 Å². The van der Waals surface area contributed by atoms with Gasteiger partial charge in [-0.05, 0) is 63.9 Å². The number of hydrogen-bond donors (Lipinski definition) is 0. The first-order valence-electron chi connectivity index (χ1n) is 12.8. The Morgan fingerprint density at radius 1 is 1.15 bits per heavy atom. The number of carbonyl (C=O) groups is 2. The lowest BCUT2D eigenvalue weighted by atomic mass is 9.96. The van der Waals surface area contributed by atoms with Gasteiger partial charge in [0.2, 0.25) is 0 Å². The maximum absolute atomic E-state index is 13.7. The second-order valence-corrected chi connectivity index (χ2v) is 11.7. The number of nitrogens with zero attached hydrogens (tertiary/aromatic N) is 3. The molecule has 0 spiro atoms. The maximum Gasteiger partial charge on any atom is 0.309 e. The summed E-state index contributed by atoms with van der Waals surface area (Å²) in [6.07, 6.45) is 0.672. The van der Waals surface area contributed by atoms with Crippen LogP contribution in [0.25, 0.3) is 16.9 Å². The number of halogens is 2. The number of amides is 1. The number of carbonyl (C=O) groups excluding carboxylic acids is 2. The summed E-state index contributed by atoms with van der Waals surface area (Å²) in [5.74, 6) is 0.519. The van der Waals surface area contributed by atoms with Gasteiger partial charge < -0.3 is 19.1 Å². The van der Waals surface area contributed by atoms with Crippen LogP contribution in [0.2, 0.25) is 10.0 Å². The number of fused-ring (bicyclic) bond motifs is 3. The molecule has 3 aromatic rings. The van der Waals surface area contributed by atoms with Gasteiger partial charge in [0.05, 0.1) is 31.0 Å². The van der Waals surface area contributed by atoms with Crippen LogP contribution in [0.5, 0.6) is 11.5 Å². The molecule has 0 bridgehead atoms. The van der Waals surface area contributed by atoms with Crippen LogP contribution in [-0.4, -0.2) is 52.9 Å². The van der Waals surface area contributed by atoms with Gasteiger partial charge in [-0.2, -0.15) is 5.10 Å². The fraction of sp³-hybridized carbons (Fsp3) is 0.414. The summed E-state index contributed by atoms with van der Waals surface area (Å²) < 4.78 is 18.8. The lowest BCUT2D eigenvalue weighted by Crippen LogP contribution is -2.43. The molecule has 0 saturated heterocycles. The van der Waals surface area contributed by atoms with Crippen LogP contribution < -0.4 is 9.47 Å². The first-order valence-corrected chi connectivity index (χ1v) is 13.6. The van der Waals surface area contributed by atoms with E-state index in [9.17, 15) is 9.59 Å². The van der Waals surface area contributed by atoms with Crippen LogP contribution in [0.15, 0.2) is 30.3 Å². The number of methoxy groups -OCH3 is 1. The minimum Gasteiger partial charge on any atom is -0.496 e. The Bertz CT molecular complexity index is 1460. The van der Waals surface area contributed by atoms with Crippen LogP contribution in [-0.2, 0) is 16.1 Å². The van der Waals surface area contributed by atoms with Crippen molar-refractivity contribution < 1.29 is 23.8 Å². The number of ether oxygens (including phenoxy) is 3. The highest BCUT2D eigenvalue weighted by Gasteiger charge is 2.47. The SMILES string of the molecule is CCOC(=O)[C@H]1C[C@@H]1c1cc2c(cc1OC)OCc1c(C(=O)N(C)C(C)(C)C)nn(-c3cc(Cl)cc(Cl)c3)c1-2. The molecule has 0 N–H and O–H groups in total. The summed E-state index contributed by atoms with van der Waals surface area (Å²) in [6, 6.07) is 8.95. The van der Waals surface area contributed by atoms with Crippen molar-refractivity contribution in [1.82, 2.24) is 14.7 Å².